The third kappa shape index (κ3) is 4.05. The molecule has 1 saturated heterocycles. The molecule has 1 atom stereocenters. The van der Waals surface area contributed by atoms with E-state index in [2.05, 4.69) is 50.2 Å². The maximum Gasteiger partial charge on any atom is 0.0730 e. The van der Waals surface area contributed by atoms with Gasteiger partial charge in [-0.2, -0.15) is 0 Å². The van der Waals surface area contributed by atoms with E-state index >= 15 is 0 Å². The van der Waals surface area contributed by atoms with Crippen molar-refractivity contribution in [3.8, 4) is 0 Å². The Morgan fingerprint density at radius 1 is 1.52 bits per heavy atom. The molecule has 2 aromatic heterocycles. The molecule has 0 radical (unpaired) electrons. The Bertz CT molecular complexity index is 556. The number of rotatable bonds is 3. The predicted octanol–water partition coefficient (Wildman–Crippen LogP) is 3.78. The number of hydrogen-bond acceptors (Lipinski definition) is 4. The van der Waals surface area contributed by atoms with Gasteiger partial charge in [0.25, 0.3) is 0 Å². The van der Waals surface area contributed by atoms with Gasteiger partial charge in [-0.3, -0.25) is 9.88 Å². The maximum absolute atomic E-state index is 4.26. The first-order chi connectivity index (χ1) is 9.74. The highest BCUT2D eigenvalue weighted by molar-refractivity contribution is 9.11. The third-order valence-corrected chi connectivity index (χ3v) is 5.81. The number of piperazine rings is 1. The molecular weight excluding hydrogens is 370 g/mol. The molecule has 0 amide bonds. The lowest BCUT2D eigenvalue weighted by atomic mass is 10.1. The molecular formula is C15H19BrClN3S. The zero-order valence-corrected chi connectivity index (χ0v) is 15.1. The van der Waals surface area contributed by atoms with E-state index in [1.54, 1.807) is 0 Å². The first-order valence-electron chi connectivity index (χ1n) is 6.83. The highest BCUT2D eigenvalue weighted by Gasteiger charge is 2.24. The molecule has 0 aliphatic carbocycles. The van der Waals surface area contributed by atoms with E-state index in [0.717, 1.165) is 26.2 Å². The van der Waals surface area contributed by atoms with Gasteiger partial charge in [0.1, 0.15) is 0 Å². The first-order valence-corrected chi connectivity index (χ1v) is 8.44. The fraction of sp³-hybridized carbons (Fsp3) is 0.400. The molecule has 1 N–H and O–H groups in total. The van der Waals surface area contributed by atoms with Crippen LogP contribution in [0.15, 0.2) is 34.4 Å². The Balaban J connectivity index is 0.00000161. The first kappa shape index (κ1) is 16.9. The van der Waals surface area contributed by atoms with E-state index in [1.165, 1.54) is 19.8 Å². The molecule has 3 nitrogen and oxygen atoms in total. The van der Waals surface area contributed by atoms with Crippen LogP contribution in [0.1, 0.15) is 22.0 Å². The number of aromatic nitrogens is 1. The topological polar surface area (TPSA) is 28.2 Å². The summed E-state index contributed by atoms with van der Waals surface area (Å²) in [7, 11) is 0. The quantitative estimate of drug-likeness (QED) is 0.867. The average Bonchev–Trinajstić information content (AvgIpc) is 2.79. The van der Waals surface area contributed by atoms with Crippen molar-refractivity contribution in [2.75, 3.05) is 19.6 Å². The molecule has 114 valence electrons. The molecule has 1 fully saturated rings. The van der Waals surface area contributed by atoms with Gasteiger partial charge in [-0.05, 0) is 46.1 Å². The molecule has 0 aromatic carbocycles. The lowest BCUT2D eigenvalue weighted by molar-refractivity contribution is 0.155. The van der Waals surface area contributed by atoms with Crippen LogP contribution in [-0.2, 0) is 6.54 Å². The second kappa shape index (κ2) is 7.70. The van der Waals surface area contributed by atoms with Crippen molar-refractivity contribution in [1.82, 2.24) is 15.2 Å². The molecule has 3 rings (SSSR count). The lowest BCUT2D eigenvalue weighted by Gasteiger charge is -2.36. The maximum atomic E-state index is 4.26. The molecule has 21 heavy (non-hydrogen) atoms. The molecule has 1 aliphatic rings. The molecule has 3 heterocycles. The lowest BCUT2D eigenvalue weighted by Crippen LogP contribution is -2.45. The minimum atomic E-state index is 0. The van der Waals surface area contributed by atoms with Gasteiger partial charge in [-0.25, -0.2) is 0 Å². The summed E-state index contributed by atoms with van der Waals surface area (Å²) in [6, 6.07) is 6.90. The van der Waals surface area contributed by atoms with Crippen LogP contribution in [0.2, 0.25) is 0 Å². The summed E-state index contributed by atoms with van der Waals surface area (Å²) in [5, 5.41) is 3.49. The van der Waals surface area contributed by atoms with Crippen LogP contribution in [0, 0.1) is 6.92 Å². The Morgan fingerprint density at radius 3 is 3.05 bits per heavy atom. The highest BCUT2D eigenvalue weighted by atomic mass is 79.9. The summed E-state index contributed by atoms with van der Waals surface area (Å²) < 4.78 is 1.25. The van der Waals surface area contributed by atoms with Crippen LogP contribution in [0.5, 0.6) is 0 Å². The standard InChI is InChI=1S/C15H18BrN3S.ClH/c1-11-7-13(20-15(11)16)10-19-6-5-18-9-14(19)12-3-2-4-17-8-12;/h2-4,7-8,14,18H,5-6,9-10H2,1H3;1H. The second-order valence-corrected chi connectivity index (χ2v) is 7.60. The minimum Gasteiger partial charge on any atom is -0.314 e. The Labute approximate surface area is 144 Å². The van der Waals surface area contributed by atoms with Gasteiger partial charge >= 0.3 is 0 Å². The summed E-state index contributed by atoms with van der Waals surface area (Å²) in [6.07, 6.45) is 3.82. The Hall–Kier alpha value is -0.460. The number of aryl methyl sites for hydroxylation is 1. The van der Waals surface area contributed by atoms with E-state index in [-0.39, 0.29) is 12.4 Å². The molecule has 0 bridgehead atoms. The average molecular weight is 389 g/mol. The van der Waals surface area contributed by atoms with Gasteiger partial charge < -0.3 is 5.32 Å². The van der Waals surface area contributed by atoms with Gasteiger partial charge in [0.15, 0.2) is 0 Å². The Kier molecular flexibility index (Phi) is 6.20. The van der Waals surface area contributed by atoms with Crippen LogP contribution in [0.4, 0.5) is 0 Å². The number of pyridine rings is 1. The molecule has 6 heteroatoms. The van der Waals surface area contributed by atoms with Crippen molar-refractivity contribution in [3.05, 3.63) is 50.4 Å². The predicted molar refractivity (Wildman–Crippen MR) is 94.3 cm³/mol. The summed E-state index contributed by atoms with van der Waals surface area (Å²) in [5.74, 6) is 0. The van der Waals surface area contributed by atoms with Crippen LogP contribution in [0.25, 0.3) is 0 Å². The third-order valence-electron chi connectivity index (χ3n) is 3.69. The van der Waals surface area contributed by atoms with Crippen molar-refractivity contribution in [1.29, 1.82) is 0 Å². The number of nitrogens with zero attached hydrogens (tertiary/aromatic N) is 2. The molecule has 1 aliphatic heterocycles. The summed E-state index contributed by atoms with van der Waals surface area (Å²) >= 11 is 5.46. The number of hydrogen-bond donors (Lipinski definition) is 1. The molecule has 0 saturated carbocycles. The second-order valence-electron chi connectivity index (χ2n) is 5.15. The molecule has 2 aromatic rings. The van der Waals surface area contributed by atoms with Gasteiger partial charge in [-0.15, -0.1) is 23.7 Å². The van der Waals surface area contributed by atoms with E-state index in [0.29, 0.717) is 6.04 Å². The van der Waals surface area contributed by atoms with Crippen LogP contribution in [-0.4, -0.2) is 29.5 Å². The van der Waals surface area contributed by atoms with Crippen molar-refractivity contribution in [2.45, 2.75) is 19.5 Å². The molecule has 1 unspecified atom stereocenters. The SMILES string of the molecule is Cc1cc(CN2CCNCC2c2cccnc2)sc1Br.Cl. The van der Waals surface area contributed by atoms with Crippen LogP contribution >= 0.6 is 39.7 Å². The van der Waals surface area contributed by atoms with Gasteiger partial charge in [-0.1, -0.05) is 6.07 Å². The van der Waals surface area contributed by atoms with Crippen molar-refractivity contribution in [3.63, 3.8) is 0 Å². The van der Waals surface area contributed by atoms with Crippen LogP contribution in [0.3, 0.4) is 0 Å². The largest absolute Gasteiger partial charge is 0.314 e. The summed E-state index contributed by atoms with van der Waals surface area (Å²) in [6.45, 7) is 6.30. The smallest absolute Gasteiger partial charge is 0.0730 e. The van der Waals surface area contributed by atoms with Crippen LogP contribution < -0.4 is 5.32 Å². The number of nitrogens with one attached hydrogen (secondary N) is 1. The monoisotopic (exact) mass is 387 g/mol. The van der Waals surface area contributed by atoms with E-state index in [1.807, 2.05) is 29.8 Å². The Morgan fingerprint density at radius 2 is 2.38 bits per heavy atom. The van der Waals surface area contributed by atoms with Gasteiger partial charge in [0, 0.05) is 49.5 Å². The highest BCUT2D eigenvalue weighted by Crippen LogP contribution is 2.30. The fourth-order valence-corrected chi connectivity index (χ4v) is 4.29. The zero-order valence-electron chi connectivity index (χ0n) is 11.9. The zero-order chi connectivity index (χ0) is 13.9. The minimum absolute atomic E-state index is 0. The van der Waals surface area contributed by atoms with Crippen molar-refractivity contribution >= 4 is 39.7 Å². The fourth-order valence-electron chi connectivity index (χ4n) is 2.64. The van der Waals surface area contributed by atoms with E-state index in [9.17, 15) is 0 Å². The summed E-state index contributed by atoms with van der Waals surface area (Å²) in [4.78, 5) is 8.23. The van der Waals surface area contributed by atoms with Crippen molar-refractivity contribution in [2.24, 2.45) is 0 Å². The van der Waals surface area contributed by atoms with Gasteiger partial charge in [0.05, 0.1) is 3.79 Å². The number of halogens is 2. The van der Waals surface area contributed by atoms with E-state index < -0.39 is 0 Å². The van der Waals surface area contributed by atoms with Gasteiger partial charge in [0.2, 0.25) is 0 Å². The normalized spacial score (nSPS) is 19.2. The molecule has 0 spiro atoms. The van der Waals surface area contributed by atoms with E-state index in [4.69, 9.17) is 0 Å². The number of thiophene rings is 1. The summed E-state index contributed by atoms with van der Waals surface area (Å²) in [5.41, 5.74) is 2.63. The van der Waals surface area contributed by atoms with Crippen molar-refractivity contribution < 1.29 is 0 Å².